The van der Waals surface area contributed by atoms with Crippen LogP contribution in [0.5, 0.6) is 17.2 Å². The van der Waals surface area contributed by atoms with Crippen LogP contribution in [-0.2, 0) is 4.74 Å². The van der Waals surface area contributed by atoms with Gasteiger partial charge in [-0.3, -0.25) is 4.90 Å². The molecule has 0 saturated heterocycles. The van der Waals surface area contributed by atoms with Gasteiger partial charge in [0.1, 0.15) is 17.2 Å². The van der Waals surface area contributed by atoms with Gasteiger partial charge in [-0.15, -0.1) is 0 Å². The first-order valence-electron chi connectivity index (χ1n) is 9.64. The van der Waals surface area contributed by atoms with E-state index in [4.69, 9.17) is 31.2 Å². The molecule has 31 heavy (non-hydrogen) atoms. The molecule has 158 valence electrons. The third-order valence-electron chi connectivity index (χ3n) is 4.95. The average Bonchev–Trinajstić information content (AvgIpc) is 2.84. The summed E-state index contributed by atoms with van der Waals surface area (Å²) < 4.78 is 22.2. The fraction of sp³-hybridized carbons (Fsp3) is 0.167. The van der Waals surface area contributed by atoms with Gasteiger partial charge in [0.25, 0.3) is 0 Å². The SMILES string of the molecule is COc1ccc(C2=NC(=S)N(c3ccc(OC)cc3)C(c3ccc(OC)cc3)O2)cc1. The topological polar surface area (TPSA) is 52.5 Å². The van der Waals surface area contributed by atoms with Gasteiger partial charge in [0, 0.05) is 16.8 Å². The molecule has 0 spiro atoms. The van der Waals surface area contributed by atoms with E-state index in [0.29, 0.717) is 11.0 Å². The van der Waals surface area contributed by atoms with Crippen LogP contribution in [0.25, 0.3) is 0 Å². The van der Waals surface area contributed by atoms with Crippen molar-refractivity contribution in [2.75, 3.05) is 26.2 Å². The number of thiocarbonyl (C=S) groups is 1. The molecule has 0 bridgehead atoms. The van der Waals surface area contributed by atoms with Crippen LogP contribution in [-0.4, -0.2) is 32.3 Å². The maximum Gasteiger partial charge on any atom is 0.225 e. The van der Waals surface area contributed by atoms with Crippen LogP contribution in [0.15, 0.2) is 77.8 Å². The lowest BCUT2D eigenvalue weighted by molar-refractivity contribution is 0.196. The number of methoxy groups -OCH3 is 3. The van der Waals surface area contributed by atoms with Crippen molar-refractivity contribution in [2.45, 2.75) is 6.23 Å². The number of ether oxygens (including phenoxy) is 4. The van der Waals surface area contributed by atoms with E-state index in [1.807, 2.05) is 77.7 Å². The Kier molecular flexibility index (Phi) is 6.04. The van der Waals surface area contributed by atoms with Crippen molar-refractivity contribution in [3.05, 3.63) is 83.9 Å². The number of rotatable bonds is 6. The Bertz CT molecular complexity index is 1080. The first-order chi connectivity index (χ1) is 15.1. The lowest BCUT2D eigenvalue weighted by Crippen LogP contribution is -2.40. The molecule has 3 aromatic rings. The van der Waals surface area contributed by atoms with Gasteiger partial charge in [-0.1, -0.05) is 0 Å². The molecule has 0 radical (unpaired) electrons. The van der Waals surface area contributed by atoms with Gasteiger partial charge in [-0.25, -0.2) is 0 Å². The van der Waals surface area contributed by atoms with Gasteiger partial charge < -0.3 is 18.9 Å². The smallest absolute Gasteiger partial charge is 0.225 e. The molecule has 1 atom stereocenters. The summed E-state index contributed by atoms with van der Waals surface area (Å²) in [5, 5.41) is 0.406. The normalized spacial score (nSPS) is 15.7. The van der Waals surface area contributed by atoms with Crippen LogP contribution >= 0.6 is 12.2 Å². The molecule has 1 aliphatic heterocycles. The highest BCUT2D eigenvalue weighted by molar-refractivity contribution is 7.80. The second kappa shape index (κ2) is 9.06. The number of hydrogen-bond donors (Lipinski definition) is 0. The summed E-state index contributed by atoms with van der Waals surface area (Å²) in [6.07, 6.45) is -0.499. The third kappa shape index (κ3) is 4.32. The molecule has 0 N–H and O–H groups in total. The van der Waals surface area contributed by atoms with Gasteiger partial charge >= 0.3 is 0 Å². The number of hydrogen-bond acceptors (Lipinski definition) is 5. The molecule has 0 fully saturated rings. The minimum absolute atomic E-state index is 0.406. The van der Waals surface area contributed by atoms with E-state index in [2.05, 4.69) is 4.99 Å². The zero-order valence-electron chi connectivity index (χ0n) is 17.4. The molecular weight excluding hydrogens is 412 g/mol. The summed E-state index contributed by atoms with van der Waals surface area (Å²) in [5.41, 5.74) is 2.58. The summed E-state index contributed by atoms with van der Waals surface area (Å²) in [6.45, 7) is 0. The summed E-state index contributed by atoms with van der Waals surface area (Å²) in [7, 11) is 4.90. The van der Waals surface area contributed by atoms with Crippen molar-refractivity contribution in [2.24, 2.45) is 4.99 Å². The Morgan fingerprint density at radius 3 is 1.74 bits per heavy atom. The van der Waals surface area contributed by atoms with Gasteiger partial charge in [0.2, 0.25) is 17.2 Å². The van der Waals surface area contributed by atoms with E-state index < -0.39 is 6.23 Å². The second-order valence-electron chi connectivity index (χ2n) is 6.74. The van der Waals surface area contributed by atoms with Crippen molar-refractivity contribution in [3.8, 4) is 17.2 Å². The molecule has 1 heterocycles. The predicted molar refractivity (Wildman–Crippen MR) is 124 cm³/mol. The quantitative estimate of drug-likeness (QED) is 0.510. The van der Waals surface area contributed by atoms with Gasteiger partial charge in [0.15, 0.2) is 0 Å². The summed E-state index contributed by atoms with van der Waals surface area (Å²) >= 11 is 5.70. The van der Waals surface area contributed by atoms with E-state index in [1.54, 1.807) is 21.3 Å². The molecule has 0 aliphatic carbocycles. The lowest BCUT2D eigenvalue weighted by Gasteiger charge is -2.36. The van der Waals surface area contributed by atoms with Crippen molar-refractivity contribution in [1.82, 2.24) is 0 Å². The van der Waals surface area contributed by atoms with E-state index in [-0.39, 0.29) is 0 Å². The van der Waals surface area contributed by atoms with Crippen molar-refractivity contribution >= 4 is 28.9 Å². The molecule has 4 rings (SSSR count). The molecule has 7 heteroatoms. The Balaban J connectivity index is 1.75. The largest absolute Gasteiger partial charge is 0.497 e. The summed E-state index contributed by atoms with van der Waals surface area (Å²) in [6, 6.07) is 22.8. The van der Waals surface area contributed by atoms with Gasteiger partial charge in [-0.05, 0) is 85.0 Å². The zero-order valence-corrected chi connectivity index (χ0v) is 18.3. The van der Waals surface area contributed by atoms with Crippen LogP contribution in [0.2, 0.25) is 0 Å². The number of nitrogens with zero attached hydrogens (tertiary/aromatic N) is 2. The van der Waals surface area contributed by atoms with Crippen LogP contribution < -0.4 is 19.1 Å². The fourth-order valence-corrected chi connectivity index (χ4v) is 3.55. The summed E-state index contributed by atoms with van der Waals surface area (Å²) in [4.78, 5) is 6.45. The van der Waals surface area contributed by atoms with Crippen molar-refractivity contribution in [1.29, 1.82) is 0 Å². The maximum atomic E-state index is 6.38. The minimum atomic E-state index is -0.499. The van der Waals surface area contributed by atoms with Crippen LogP contribution in [0, 0.1) is 0 Å². The molecule has 0 aromatic heterocycles. The highest BCUT2D eigenvalue weighted by Gasteiger charge is 2.32. The zero-order chi connectivity index (χ0) is 21.8. The Morgan fingerprint density at radius 2 is 1.23 bits per heavy atom. The highest BCUT2D eigenvalue weighted by atomic mass is 32.1. The molecule has 1 aliphatic rings. The lowest BCUT2D eigenvalue weighted by atomic mass is 10.1. The minimum Gasteiger partial charge on any atom is -0.497 e. The van der Waals surface area contributed by atoms with Crippen LogP contribution in [0.4, 0.5) is 5.69 Å². The highest BCUT2D eigenvalue weighted by Crippen LogP contribution is 2.35. The van der Waals surface area contributed by atoms with Crippen molar-refractivity contribution < 1.29 is 18.9 Å². The first-order valence-corrected chi connectivity index (χ1v) is 10.0. The van der Waals surface area contributed by atoms with Crippen LogP contribution in [0.1, 0.15) is 17.4 Å². The Labute approximate surface area is 186 Å². The Hall–Kier alpha value is -3.58. The van der Waals surface area contributed by atoms with E-state index in [9.17, 15) is 0 Å². The van der Waals surface area contributed by atoms with Crippen molar-refractivity contribution in [3.63, 3.8) is 0 Å². The summed E-state index contributed by atoms with van der Waals surface area (Å²) in [5.74, 6) is 2.74. The number of benzene rings is 3. The van der Waals surface area contributed by atoms with E-state index >= 15 is 0 Å². The Morgan fingerprint density at radius 1 is 0.742 bits per heavy atom. The standard InChI is InChI=1S/C24H22N2O4S/c1-27-19-10-4-16(5-11-19)22-25-24(31)26(18-8-14-21(29-3)15-9-18)23(30-22)17-6-12-20(28-2)13-7-17/h4-15,23H,1-3H3. The molecule has 6 nitrogen and oxygen atoms in total. The molecule has 0 amide bonds. The first kappa shape index (κ1) is 20.7. The predicted octanol–water partition coefficient (Wildman–Crippen LogP) is 4.98. The third-order valence-corrected chi connectivity index (χ3v) is 5.24. The van der Waals surface area contributed by atoms with E-state index in [0.717, 1.165) is 34.1 Å². The number of aliphatic imine (C=N–C) groups is 1. The van der Waals surface area contributed by atoms with Gasteiger partial charge in [-0.2, -0.15) is 4.99 Å². The second-order valence-corrected chi connectivity index (χ2v) is 7.10. The molecule has 0 saturated carbocycles. The van der Waals surface area contributed by atoms with Gasteiger partial charge in [0.05, 0.1) is 21.3 Å². The average molecular weight is 435 g/mol. The monoisotopic (exact) mass is 434 g/mol. The van der Waals surface area contributed by atoms with Crippen LogP contribution in [0.3, 0.4) is 0 Å². The molecular formula is C24H22N2O4S. The maximum absolute atomic E-state index is 6.38. The molecule has 1 unspecified atom stereocenters. The van der Waals surface area contributed by atoms with E-state index in [1.165, 1.54) is 0 Å². The number of anilines is 1. The fourth-order valence-electron chi connectivity index (χ4n) is 3.27. The molecule has 3 aromatic carbocycles.